The second-order valence-electron chi connectivity index (χ2n) is 8.34. The van der Waals surface area contributed by atoms with Crippen molar-refractivity contribution >= 4 is 23.2 Å². The van der Waals surface area contributed by atoms with Gasteiger partial charge in [-0.25, -0.2) is 14.2 Å². The average Bonchev–Trinajstić information content (AvgIpc) is 3.53. The van der Waals surface area contributed by atoms with E-state index < -0.39 is 11.7 Å². The smallest absolute Gasteiger partial charge is 0.340 e. The third kappa shape index (κ3) is 4.20. The van der Waals surface area contributed by atoms with Gasteiger partial charge in [0.25, 0.3) is 0 Å². The minimum Gasteiger partial charge on any atom is -0.340 e. The molecule has 1 saturated heterocycles. The van der Waals surface area contributed by atoms with Crippen molar-refractivity contribution in [3.8, 4) is 5.69 Å². The Balaban J connectivity index is 1.49. The van der Waals surface area contributed by atoms with Crippen LogP contribution in [0.2, 0.25) is 5.02 Å². The molecule has 0 spiro atoms. The molecule has 34 heavy (non-hydrogen) atoms. The molecule has 4 aromatic heterocycles. The fourth-order valence-corrected chi connectivity index (χ4v) is 4.30. The quantitative estimate of drug-likeness (QED) is 0.413. The van der Waals surface area contributed by atoms with Crippen LogP contribution in [0.5, 0.6) is 0 Å². The molecule has 0 N–H and O–H groups in total. The van der Waals surface area contributed by atoms with Crippen LogP contribution in [-0.2, 0) is 19.0 Å². The van der Waals surface area contributed by atoms with Crippen LogP contribution in [0.1, 0.15) is 41.4 Å². The van der Waals surface area contributed by atoms with Gasteiger partial charge in [0.2, 0.25) is 5.95 Å². The van der Waals surface area contributed by atoms with Crippen molar-refractivity contribution in [3.05, 3.63) is 58.0 Å². The van der Waals surface area contributed by atoms with Crippen molar-refractivity contribution in [2.45, 2.75) is 45.7 Å². The number of hydrogen-bond acceptors (Lipinski definition) is 6. The molecular formula is C22H22ClF3N8. The van der Waals surface area contributed by atoms with E-state index in [0.29, 0.717) is 23.9 Å². The predicted octanol–water partition coefficient (Wildman–Crippen LogP) is 4.38. The standard InChI is InChI=1S/C22H22ClF3N8/c1-13-11-15(7-8-27-13)34-19(29-21(31-34)32-9-3-4-10-32)6-5-18-28-20-16(22(24,25)26)12-17(23)14(2)33(20)30-18/h7-8,11-12H,3-6,9-10H2,1-2H3. The summed E-state index contributed by atoms with van der Waals surface area (Å²) >= 11 is 6.03. The van der Waals surface area contributed by atoms with Gasteiger partial charge in [0.1, 0.15) is 11.4 Å². The number of anilines is 1. The lowest BCUT2D eigenvalue weighted by molar-refractivity contribution is -0.136. The van der Waals surface area contributed by atoms with E-state index in [1.807, 2.05) is 19.1 Å². The van der Waals surface area contributed by atoms with E-state index in [-0.39, 0.29) is 22.9 Å². The van der Waals surface area contributed by atoms with Crippen molar-refractivity contribution < 1.29 is 13.2 Å². The SMILES string of the molecule is Cc1cc(-n2nc(N3CCCC3)nc2CCc2nc3c(C(F)(F)F)cc(Cl)c(C)n3n2)ccn1. The summed E-state index contributed by atoms with van der Waals surface area (Å²) in [4.78, 5) is 15.3. The summed E-state index contributed by atoms with van der Waals surface area (Å²) in [7, 11) is 0. The molecule has 1 fully saturated rings. The summed E-state index contributed by atoms with van der Waals surface area (Å²) in [6, 6.07) is 4.66. The van der Waals surface area contributed by atoms with E-state index in [0.717, 1.165) is 47.9 Å². The lowest BCUT2D eigenvalue weighted by Gasteiger charge is -2.11. The van der Waals surface area contributed by atoms with Gasteiger partial charge in [-0.3, -0.25) is 4.98 Å². The second kappa shape index (κ2) is 8.53. The summed E-state index contributed by atoms with van der Waals surface area (Å²) in [5, 5.41) is 9.01. The van der Waals surface area contributed by atoms with Gasteiger partial charge in [0.05, 0.1) is 16.4 Å². The zero-order chi connectivity index (χ0) is 24.0. The topological polar surface area (TPSA) is 77.0 Å². The van der Waals surface area contributed by atoms with Crippen LogP contribution in [0, 0.1) is 13.8 Å². The van der Waals surface area contributed by atoms with Crippen molar-refractivity contribution in [2.24, 2.45) is 0 Å². The van der Waals surface area contributed by atoms with Crippen LogP contribution in [0.4, 0.5) is 19.1 Å². The van der Waals surface area contributed by atoms with E-state index in [4.69, 9.17) is 21.7 Å². The summed E-state index contributed by atoms with van der Waals surface area (Å²) in [6.45, 7) is 5.30. The molecule has 0 saturated carbocycles. The fraction of sp³-hybridized carbons (Fsp3) is 0.409. The maximum atomic E-state index is 13.5. The van der Waals surface area contributed by atoms with Crippen LogP contribution in [0.3, 0.4) is 0 Å². The molecule has 4 aromatic rings. The van der Waals surface area contributed by atoms with E-state index in [9.17, 15) is 13.2 Å². The first-order valence-corrected chi connectivity index (χ1v) is 11.3. The van der Waals surface area contributed by atoms with E-state index in [1.165, 1.54) is 0 Å². The van der Waals surface area contributed by atoms with Gasteiger partial charge in [-0.05, 0) is 44.9 Å². The molecule has 1 aliphatic rings. The number of fused-ring (bicyclic) bond motifs is 1. The Labute approximate surface area is 198 Å². The molecule has 0 bridgehead atoms. The normalized spacial score (nSPS) is 14.5. The molecule has 0 atom stereocenters. The van der Waals surface area contributed by atoms with Crippen molar-refractivity contribution in [2.75, 3.05) is 18.0 Å². The Hall–Kier alpha value is -3.21. The molecule has 178 valence electrons. The number of hydrogen-bond donors (Lipinski definition) is 0. The van der Waals surface area contributed by atoms with Gasteiger partial charge in [-0.15, -0.1) is 5.10 Å². The van der Waals surface area contributed by atoms with Crippen molar-refractivity contribution in [1.29, 1.82) is 0 Å². The van der Waals surface area contributed by atoms with Crippen LogP contribution in [0.25, 0.3) is 11.3 Å². The molecule has 0 amide bonds. The minimum absolute atomic E-state index is 0.0145. The van der Waals surface area contributed by atoms with Crippen LogP contribution >= 0.6 is 11.6 Å². The van der Waals surface area contributed by atoms with E-state index in [2.05, 4.69) is 20.0 Å². The number of pyridine rings is 2. The summed E-state index contributed by atoms with van der Waals surface area (Å²) in [6.07, 6.45) is -0.0153. The monoisotopic (exact) mass is 490 g/mol. The minimum atomic E-state index is -4.59. The largest absolute Gasteiger partial charge is 0.420 e. The van der Waals surface area contributed by atoms with Crippen molar-refractivity contribution in [1.82, 2.24) is 34.3 Å². The Morgan fingerprint density at radius 2 is 1.79 bits per heavy atom. The Kier molecular flexibility index (Phi) is 5.67. The summed E-state index contributed by atoms with van der Waals surface area (Å²) < 4.78 is 43.6. The highest BCUT2D eigenvalue weighted by Crippen LogP contribution is 2.35. The number of alkyl halides is 3. The van der Waals surface area contributed by atoms with Gasteiger partial charge >= 0.3 is 6.18 Å². The second-order valence-corrected chi connectivity index (χ2v) is 8.75. The van der Waals surface area contributed by atoms with E-state index in [1.54, 1.807) is 17.8 Å². The molecule has 0 unspecified atom stereocenters. The predicted molar refractivity (Wildman–Crippen MR) is 120 cm³/mol. The first-order valence-electron chi connectivity index (χ1n) is 11.0. The van der Waals surface area contributed by atoms with Crippen LogP contribution < -0.4 is 4.90 Å². The lowest BCUT2D eigenvalue weighted by Crippen LogP contribution is -2.19. The third-order valence-corrected chi connectivity index (χ3v) is 6.26. The highest BCUT2D eigenvalue weighted by Gasteiger charge is 2.35. The summed E-state index contributed by atoms with van der Waals surface area (Å²) in [5.41, 5.74) is 0.901. The number of aromatic nitrogens is 7. The Morgan fingerprint density at radius 1 is 1.03 bits per heavy atom. The number of halogens is 4. The Bertz CT molecular complexity index is 1350. The van der Waals surface area contributed by atoms with Gasteiger partial charge in [-0.1, -0.05) is 11.6 Å². The zero-order valence-corrected chi connectivity index (χ0v) is 19.4. The molecule has 0 aliphatic carbocycles. The lowest BCUT2D eigenvalue weighted by atomic mass is 10.2. The fourth-order valence-electron chi connectivity index (χ4n) is 4.11. The maximum Gasteiger partial charge on any atom is 0.420 e. The van der Waals surface area contributed by atoms with Gasteiger partial charge in [0.15, 0.2) is 11.5 Å². The maximum absolute atomic E-state index is 13.5. The third-order valence-electron chi connectivity index (χ3n) is 5.88. The van der Waals surface area contributed by atoms with Crippen LogP contribution in [-0.4, -0.2) is 47.4 Å². The molecule has 12 heteroatoms. The van der Waals surface area contributed by atoms with Crippen molar-refractivity contribution in [3.63, 3.8) is 0 Å². The highest BCUT2D eigenvalue weighted by atomic mass is 35.5. The molecule has 0 aromatic carbocycles. The number of aryl methyl sites for hydroxylation is 4. The Morgan fingerprint density at radius 3 is 2.50 bits per heavy atom. The van der Waals surface area contributed by atoms with E-state index >= 15 is 0 Å². The first kappa shape index (κ1) is 22.6. The molecule has 0 radical (unpaired) electrons. The van der Waals surface area contributed by atoms with Gasteiger partial charge in [-0.2, -0.15) is 23.3 Å². The molecule has 8 nitrogen and oxygen atoms in total. The molecule has 1 aliphatic heterocycles. The molecule has 5 heterocycles. The molecule has 5 rings (SSSR count). The van der Waals surface area contributed by atoms with Crippen LogP contribution in [0.15, 0.2) is 24.4 Å². The van der Waals surface area contributed by atoms with Gasteiger partial charge in [0, 0.05) is 37.8 Å². The number of rotatable bonds is 5. The number of nitrogens with zero attached hydrogens (tertiary/aromatic N) is 8. The average molecular weight is 491 g/mol. The summed E-state index contributed by atoms with van der Waals surface area (Å²) in [5.74, 6) is 1.60. The first-order chi connectivity index (χ1) is 16.2. The molecular weight excluding hydrogens is 469 g/mol. The van der Waals surface area contributed by atoms with Gasteiger partial charge < -0.3 is 4.90 Å². The highest BCUT2D eigenvalue weighted by molar-refractivity contribution is 6.31. The zero-order valence-electron chi connectivity index (χ0n) is 18.6.